The minimum atomic E-state index is -4.05. The first-order valence-corrected chi connectivity index (χ1v) is 12.3. The number of anilines is 1. The number of rotatable bonds is 8. The maximum absolute atomic E-state index is 13.0. The standard InChI is InChI=1S/C24H19NO6S2/c26-32(27)21-13-16-24(31-19-9-5-2-6-10-19)23(17-21)25-33(28,29)22-14-11-20(12-15-22)30-18-7-3-1-4-8-18/h1-17,25H,(H,26,27)/p-1. The molecule has 7 nitrogen and oxygen atoms in total. The molecule has 0 aromatic heterocycles. The van der Waals surface area contributed by atoms with Crippen LogP contribution in [0.15, 0.2) is 113 Å². The molecule has 1 unspecified atom stereocenters. The molecule has 4 rings (SSSR count). The molecule has 0 amide bonds. The summed E-state index contributed by atoms with van der Waals surface area (Å²) in [6, 6.07) is 27.6. The van der Waals surface area contributed by atoms with Crippen LogP contribution < -0.4 is 14.2 Å². The van der Waals surface area contributed by atoms with Gasteiger partial charge in [-0.1, -0.05) is 36.4 Å². The molecule has 168 valence electrons. The molecule has 0 saturated heterocycles. The van der Waals surface area contributed by atoms with Crippen molar-refractivity contribution in [3.63, 3.8) is 0 Å². The fourth-order valence-electron chi connectivity index (χ4n) is 2.91. The Bertz CT molecular complexity index is 1360. The Morgan fingerprint density at radius 2 is 1.24 bits per heavy atom. The van der Waals surface area contributed by atoms with Crippen LogP contribution in [0.3, 0.4) is 0 Å². The third-order valence-electron chi connectivity index (χ3n) is 4.47. The van der Waals surface area contributed by atoms with Gasteiger partial charge in [-0.2, -0.15) is 0 Å². The highest BCUT2D eigenvalue weighted by atomic mass is 32.2. The number of nitrogens with one attached hydrogen (secondary N) is 1. The second-order valence-electron chi connectivity index (χ2n) is 6.80. The lowest BCUT2D eigenvalue weighted by Gasteiger charge is -2.16. The predicted octanol–water partition coefficient (Wildman–Crippen LogP) is 5.31. The minimum Gasteiger partial charge on any atom is -0.768 e. The second-order valence-corrected chi connectivity index (χ2v) is 9.42. The van der Waals surface area contributed by atoms with E-state index < -0.39 is 21.1 Å². The predicted molar refractivity (Wildman–Crippen MR) is 124 cm³/mol. The lowest BCUT2D eigenvalue weighted by molar-refractivity contribution is 0.482. The van der Waals surface area contributed by atoms with Gasteiger partial charge in [-0.25, -0.2) is 8.42 Å². The number of ether oxygens (including phenoxy) is 2. The summed E-state index contributed by atoms with van der Waals surface area (Å²) >= 11 is -2.55. The molecule has 0 aliphatic rings. The van der Waals surface area contributed by atoms with Crippen molar-refractivity contribution in [2.75, 3.05) is 4.72 Å². The number of hydrogen-bond acceptors (Lipinski definition) is 6. The summed E-state index contributed by atoms with van der Waals surface area (Å²) in [6.07, 6.45) is 0. The first kappa shape index (κ1) is 22.5. The Hall–Kier alpha value is -3.66. The van der Waals surface area contributed by atoms with Crippen LogP contribution in [-0.4, -0.2) is 17.2 Å². The van der Waals surface area contributed by atoms with E-state index in [0.717, 1.165) is 0 Å². The Kier molecular flexibility index (Phi) is 6.74. The third-order valence-corrected chi connectivity index (χ3v) is 6.49. The highest BCUT2D eigenvalue weighted by Crippen LogP contribution is 2.33. The van der Waals surface area contributed by atoms with Crippen LogP contribution in [0.5, 0.6) is 23.0 Å². The third kappa shape index (κ3) is 5.78. The Morgan fingerprint density at radius 1 is 0.697 bits per heavy atom. The van der Waals surface area contributed by atoms with Gasteiger partial charge < -0.3 is 14.0 Å². The van der Waals surface area contributed by atoms with Gasteiger partial charge in [0, 0.05) is 4.90 Å². The van der Waals surface area contributed by atoms with E-state index in [1.165, 1.54) is 42.5 Å². The molecule has 0 saturated carbocycles. The van der Waals surface area contributed by atoms with Gasteiger partial charge in [-0.3, -0.25) is 8.93 Å². The van der Waals surface area contributed by atoms with Crippen LogP contribution in [0, 0.1) is 0 Å². The summed E-state index contributed by atoms with van der Waals surface area (Å²) in [6.45, 7) is 0. The van der Waals surface area contributed by atoms with Gasteiger partial charge in [-0.15, -0.1) is 0 Å². The molecule has 9 heteroatoms. The molecule has 0 aliphatic heterocycles. The monoisotopic (exact) mass is 480 g/mol. The molecular formula is C24H18NO6S2-. The minimum absolute atomic E-state index is 0.00911. The molecule has 4 aromatic rings. The summed E-state index contributed by atoms with van der Waals surface area (Å²) in [7, 11) is -4.05. The average Bonchev–Trinajstić information content (AvgIpc) is 2.81. The smallest absolute Gasteiger partial charge is 0.262 e. The normalized spacial score (nSPS) is 12.0. The van der Waals surface area contributed by atoms with E-state index in [0.29, 0.717) is 17.2 Å². The zero-order valence-electron chi connectivity index (χ0n) is 17.1. The van der Waals surface area contributed by atoms with E-state index in [2.05, 4.69) is 4.72 Å². The first-order chi connectivity index (χ1) is 15.9. The second kappa shape index (κ2) is 9.86. The van der Waals surface area contributed by atoms with Gasteiger partial charge in [0.25, 0.3) is 10.0 Å². The molecule has 1 N–H and O–H groups in total. The number of sulfonamides is 1. The quantitative estimate of drug-likeness (QED) is 0.343. The van der Waals surface area contributed by atoms with Crippen molar-refractivity contribution in [2.45, 2.75) is 9.79 Å². The summed E-state index contributed by atoms with van der Waals surface area (Å²) in [5, 5.41) is 0. The summed E-state index contributed by atoms with van der Waals surface area (Å²) in [4.78, 5) is -0.109. The maximum Gasteiger partial charge on any atom is 0.262 e. The molecule has 0 spiro atoms. The van der Waals surface area contributed by atoms with Gasteiger partial charge in [0.05, 0.1) is 10.6 Å². The molecule has 4 aromatic carbocycles. The lowest BCUT2D eigenvalue weighted by Crippen LogP contribution is -2.14. The van der Waals surface area contributed by atoms with Gasteiger partial charge >= 0.3 is 0 Å². The van der Waals surface area contributed by atoms with Crippen LogP contribution in [-0.2, 0) is 21.1 Å². The highest BCUT2D eigenvalue weighted by molar-refractivity contribution is 7.92. The Labute approximate surface area is 194 Å². The topological polar surface area (TPSA) is 105 Å². The molecule has 0 bridgehead atoms. The van der Waals surface area contributed by atoms with E-state index in [-0.39, 0.29) is 21.2 Å². The highest BCUT2D eigenvalue weighted by Gasteiger charge is 2.18. The number of hydrogen-bond donors (Lipinski definition) is 1. The van der Waals surface area contributed by atoms with E-state index in [9.17, 15) is 17.2 Å². The zero-order valence-corrected chi connectivity index (χ0v) is 18.7. The van der Waals surface area contributed by atoms with E-state index in [4.69, 9.17) is 9.47 Å². The van der Waals surface area contributed by atoms with Crippen molar-refractivity contribution < 1.29 is 26.7 Å². The van der Waals surface area contributed by atoms with E-state index in [1.807, 2.05) is 24.3 Å². The average molecular weight is 481 g/mol. The van der Waals surface area contributed by atoms with Crippen molar-refractivity contribution >= 4 is 26.8 Å². The van der Waals surface area contributed by atoms with E-state index >= 15 is 0 Å². The summed E-state index contributed by atoms with van der Waals surface area (Å²) in [5.41, 5.74) is -0.00911. The Balaban J connectivity index is 1.60. The fraction of sp³-hybridized carbons (Fsp3) is 0. The van der Waals surface area contributed by atoms with Gasteiger partial charge in [0.15, 0.2) is 5.75 Å². The summed E-state index contributed by atoms with van der Waals surface area (Å²) < 4.78 is 62.7. The lowest BCUT2D eigenvalue weighted by atomic mass is 10.3. The van der Waals surface area contributed by atoms with Crippen LogP contribution in [0.4, 0.5) is 5.69 Å². The fourth-order valence-corrected chi connectivity index (χ4v) is 4.37. The molecular weight excluding hydrogens is 462 g/mol. The molecule has 0 fully saturated rings. The maximum atomic E-state index is 13.0. The zero-order chi connectivity index (χ0) is 23.3. The summed E-state index contributed by atoms with van der Waals surface area (Å²) in [5.74, 6) is 1.72. The van der Waals surface area contributed by atoms with E-state index in [1.54, 1.807) is 36.4 Å². The molecule has 0 heterocycles. The van der Waals surface area contributed by atoms with Gasteiger partial charge in [0.1, 0.15) is 17.2 Å². The SMILES string of the molecule is O=S([O-])c1ccc(Oc2ccccc2)c(NS(=O)(=O)c2ccc(Oc3ccccc3)cc2)c1. The van der Waals surface area contributed by atoms with Crippen molar-refractivity contribution in [3.8, 4) is 23.0 Å². The van der Waals surface area contributed by atoms with Crippen LogP contribution in [0.2, 0.25) is 0 Å². The molecule has 0 radical (unpaired) electrons. The number of para-hydroxylation sites is 2. The van der Waals surface area contributed by atoms with Crippen molar-refractivity contribution in [1.82, 2.24) is 0 Å². The van der Waals surface area contributed by atoms with Crippen molar-refractivity contribution in [3.05, 3.63) is 103 Å². The van der Waals surface area contributed by atoms with Crippen LogP contribution in [0.1, 0.15) is 0 Å². The molecule has 0 aliphatic carbocycles. The van der Waals surface area contributed by atoms with Gasteiger partial charge in [0.2, 0.25) is 0 Å². The van der Waals surface area contributed by atoms with Crippen molar-refractivity contribution in [2.24, 2.45) is 0 Å². The van der Waals surface area contributed by atoms with Gasteiger partial charge in [-0.05, 0) is 77.8 Å². The van der Waals surface area contributed by atoms with Crippen molar-refractivity contribution in [1.29, 1.82) is 0 Å². The first-order valence-electron chi connectivity index (χ1n) is 9.73. The van der Waals surface area contributed by atoms with Crippen LogP contribution >= 0.6 is 0 Å². The molecule has 33 heavy (non-hydrogen) atoms. The Morgan fingerprint density at radius 3 is 1.82 bits per heavy atom. The largest absolute Gasteiger partial charge is 0.768 e. The number of benzene rings is 4. The van der Waals surface area contributed by atoms with Crippen LogP contribution in [0.25, 0.3) is 0 Å². The molecule has 1 atom stereocenters.